The van der Waals surface area contributed by atoms with Crippen molar-refractivity contribution in [1.29, 1.82) is 0 Å². The zero-order valence-electron chi connectivity index (χ0n) is 15.4. The Morgan fingerprint density at radius 1 is 1.29 bits per heavy atom. The molecule has 2 heterocycles. The normalized spacial score (nSPS) is 15.9. The smallest absolute Gasteiger partial charge is 0.338 e. The molecule has 0 spiro atoms. The van der Waals surface area contributed by atoms with Crippen LogP contribution in [0.5, 0.6) is 0 Å². The number of allylic oxidation sites excluding steroid dienone is 1. The van der Waals surface area contributed by atoms with Gasteiger partial charge in [0.2, 0.25) is 5.95 Å². The summed E-state index contributed by atoms with van der Waals surface area (Å²) in [5, 5.41) is 14.5. The molecular weight excluding hydrogens is 360 g/mol. The van der Waals surface area contributed by atoms with Crippen LogP contribution >= 0.6 is 0 Å². The summed E-state index contributed by atoms with van der Waals surface area (Å²) in [7, 11) is 0. The van der Waals surface area contributed by atoms with Gasteiger partial charge >= 0.3 is 5.97 Å². The molecule has 1 aliphatic rings. The van der Waals surface area contributed by atoms with Crippen LogP contribution < -0.4 is 5.32 Å². The molecule has 8 heteroatoms. The number of carbonyl (C=O) groups excluding carboxylic acids is 1. The number of non-ortho nitro benzene ring substituents is 1. The van der Waals surface area contributed by atoms with Gasteiger partial charge in [-0.05, 0) is 31.5 Å². The van der Waals surface area contributed by atoms with Gasteiger partial charge < -0.3 is 10.1 Å². The lowest BCUT2D eigenvalue weighted by molar-refractivity contribution is -0.384. The number of aromatic nitrogens is 2. The molecule has 2 aromatic carbocycles. The number of benzene rings is 2. The van der Waals surface area contributed by atoms with E-state index in [4.69, 9.17) is 4.74 Å². The van der Waals surface area contributed by atoms with Crippen LogP contribution in [0, 0.1) is 10.1 Å². The fourth-order valence-corrected chi connectivity index (χ4v) is 3.54. The van der Waals surface area contributed by atoms with E-state index in [-0.39, 0.29) is 12.3 Å². The lowest BCUT2D eigenvalue weighted by Crippen LogP contribution is -2.28. The van der Waals surface area contributed by atoms with Gasteiger partial charge in [0.05, 0.1) is 34.2 Å². The van der Waals surface area contributed by atoms with Crippen molar-refractivity contribution in [3.63, 3.8) is 0 Å². The molecule has 1 atom stereocenters. The van der Waals surface area contributed by atoms with Crippen LogP contribution in [0.25, 0.3) is 16.7 Å². The number of anilines is 1. The van der Waals surface area contributed by atoms with Crippen LogP contribution in [0.1, 0.15) is 25.5 Å². The molecule has 8 nitrogen and oxygen atoms in total. The number of para-hydroxylation sites is 2. The molecule has 0 saturated heterocycles. The third-order valence-corrected chi connectivity index (χ3v) is 4.76. The Balaban J connectivity index is 1.92. The summed E-state index contributed by atoms with van der Waals surface area (Å²) in [6.07, 6.45) is 0. The average molecular weight is 378 g/mol. The lowest BCUT2D eigenvalue weighted by Gasteiger charge is -2.29. The standard InChI is InChI=1S/C20H18N4O4/c1-3-28-19(25)17-12(2)23-16-10-5-4-9-15(16)21-20(23)22-18(17)13-7-6-8-14(11-13)24(26)27/h4-11,18H,3H2,1-2H3,(H,21,22). The zero-order chi connectivity index (χ0) is 19.8. The second-order valence-corrected chi connectivity index (χ2v) is 6.41. The third kappa shape index (κ3) is 2.79. The first-order valence-corrected chi connectivity index (χ1v) is 8.88. The number of fused-ring (bicyclic) bond motifs is 3. The minimum Gasteiger partial charge on any atom is -0.463 e. The van der Waals surface area contributed by atoms with Crippen molar-refractivity contribution >= 4 is 34.3 Å². The van der Waals surface area contributed by atoms with Crippen LogP contribution in [0.4, 0.5) is 11.6 Å². The highest BCUT2D eigenvalue weighted by molar-refractivity contribution is 6.00. The van der Waals surface area contributed by atoms with Gasteiger partial charge in [0, 0.05) is 17.8 Å². The molecule has 3 aromatic rings. The minimum atomic E-state index is -0.608. The lowest BCUT2D eigenvalue weighted by atomic mass is 9.95. The van der Waals surface area contributed by atoms with Crippen molar-refractivity contribution < 1.29 is 14.5 Å². The highest BCUT2D eigenvalue weighted by atomic mass is 16.6. The molecule has 0 saturated carbocycles. The van der Waals surface area contributed by atoms with Gasteiger partial charge in [-0.25, -0.2) is 9.78 Å². The second-order valence-electron chi connectivity index (χ2n) is 6.41. The highest BCUT2D eigenvalue weighted by Crippen LogP contribution is 2.39. The van der Waals surface area contributed by atoms with Crippen molar-refractivity contribution in [1.82, 2.24) is 9.55 Å². The first-order chi connectivity index (χ1) is 13.5. The number of hydrogen-bond acceptors (Lipinski definition) is 6. The SMILES string of the molecule is CCOC(=O)C1=C(C)n2c(nc3ccccc32)NC1c1cccc([N+](=O)[O-])c1. The van der Waals surface area contributed by atoms with Crippen molar-refractivity contribution in [2.45, 2.75) is 19.9 Å². The summed E-state index contributed by atoms with van der Waals surface area (Å²) in [6, 6.07) is 13.2. The Bertz CT molecular complexity index is 1130. The van der Waals surface area contributed by atoms with Crippen LogP contribution in [-0.2, 0) is 9.53 Å². The zero-order valence-corrected chi connectivity index (χ0v) is 15.4. The van der Waals surface area contributed by atoms with Crippen LogP contribution in [0.3, 0.4) is 0 Å². The topological polar surface area (TPSA) is 99.3 Å². The van der Waals surface area contributed by atoms with Gasteiger partial charge in [-0.1, -0.05) is 24.3 Å². The Hall–Kier alpha value is -3.68. The Morgan fingerprint density at radius 2 is 2.07 bits per heavy atom. The monoisotopic (exact) mass is 378 g/mol. The third-order valence-electron chi connectivity index (χ3n) is 4.76. The van der Waals surface area contributed by atoms with Crippen LogP contribution in [-0.4, -0.2) is 27.1 Å². The Kier molecular flexibility index (Phi) is 4.31. The van der Waals surface area contributed by atoms with Gasteiger partial charge in [-0.15, -0.1) is 0 Å². The molecule has 142 valence electrons. The average Bonchev–Trinajstić information content (AvgIpc) is 3.06. The van der Waals surface area contributed by atoms with Crippen molar-refractivity contribution in [2.24, 2.45) is 0 Å². The van der Waals surface area contributed by atoms with E-state index in [9.17, 15) is 14.9 Å². The summed E-state index contributed by atoms with van der Waals surface area (Å²) in [5.41, 5.74) is 3.28. The van der Waals surface area contributed by atoms with Crippen molar-refractivity contribution in [3.8, 4) is 0 Å². The van der Waals surface area contributed by atoms with Crippen LogP contribution in [0.15, 0.2) is 54.1 Å². The first kappa shape index (κ1) is 17.7. The molecule has 0 fully saturated rings. The fraction of sp³-hybridized carbons (Fsp3) is 0.200. The Morgan fingerprint density at radius 3 is 2.82 bits per heavy atom. The molecule has 28 heavy (non-hydrogen) atoms. The number of rotatable bonds is 4. The number of nitro benzene ring substituents is 1. The highest BCUT2D eigenvalue weighted by Gasteiger charge is 2.34. The molecular formula is C20H18N4O4. The molecule has 0 radical (unpaired) electrons. The largest absolute Gasteiger partial charge is 0.463 e. The number of hydrogen-bond donors (Lipinski definition) is 1. The van der Waals surface area contributed by atoms with E-state index in [1.807, 2.05) is 35.8 Å². The van der Waals surface area contributed by atoms with Gasteiger partial charge in [-0.2, -0.15) is 0 Å². The number of nitrogens with one attached hydrogen (secondary N) is 1. The quantitative estimate of drug-likeness (QED) is 0.420. The first-order valence-electron chi connectivity index (χ1n) is 8.88. The summed E-state index contributed by atoms with van der Waals surface area (Å²) in [5.74, 6) is 0.107. The summed E-state index contributed by atoms with van der Waals surface area (Å²) in [6.45, 7) is 3.80. The predicted octanol–water partition coefficient (Wildman–Crippen LogP) is 3.91. The molecule has 0 bridgehead atoms. The molecule has 1 N–H and O–H groups in total. The number of nitro groups is 1. The maximum absolute atomic E-state index is 12.8. The van der Waals surface area contributed by atoms with E-state index in [2.05, 4.69) is 10.3 Å². The van der Waals surface area contributed by atoms with E-state index in [1.54, 1.807) is 19.1 Å². The number of carbonyl (C=O) groups is 1. The molecule has 0 aliphatic carbocycles. The fourth-order valence-electron chi connectivity index (χ4n) is 3.54. The molecule has 4 rings (SSSR count). The van der Waals surface area contributed by atoms with Crippen LogP contribution in [0.2, 0.25) is 0 Å². The number of ether oxygens (including phenoxy) is 1. The van der Waals surface area contributed by atoms with E-state index in [0.717, 1.165) is 11.0 Å². The minimum absolute atomic E-state index is 0.0424. The molecule has 1 aliphatic heterocycles. The summed E-state index contributed by atoms with van der Waals surface area (Å²) in [4.78, 5) is 28.1. The van der Waals surface area contributed by atoms with E-state index < -0.39 is 16.9 Å². The van der Waals surface area contributed by atoms with Gasteiger partial charge in [0.1, 0.15) is 0 Å². The molecule has 1 unspecified atom stereocenters. The summed E-state index contributed by atoms with van der Waals surface area (Å²) >= 11 is 0. The molecule has 0 amide bonds. The van der Waals surface area contributed by atoms with Crippen molar-refractivity contribution in [3.05, 3.63) is 69.8 Å². The maximum atomic E-state index is 12.8. The van der Waals surface area contributed by atoms with Gasteiger partial charge in [0.25, 0.3) is 5.69 Å². The van der Waals surface area contributed by atoms with Crippen molar-refractivity contribution in [2.75, 3.05) is 11.9 Å². The second kappa shape index (κ2) is 6.80. The van der Waals surface area contributed by atoms with Gasteiger partial charge in [-0.3, -0.25) is 14.7 Å². The van der Waals surface area contributed by atoms with E-state index in [1.165, 1.54) is 12.1 Å². The van der Waals surface area contributed by atoms with Gasteiger partial charge in [0.15, 0.2) is 0 Å². The van der Waals surface area contributed by atoms with E-state index >= 15 is 0 Å². The predicted molar refractivity (Wildman–Crippen MR) is 105 cm³/mol. The van der Waals surface area contributed by atoms with E-state index in [0.29, 0.717) is 22.8 Å². The maximum Gasteiger partial charge on any atom is 0.338 e. The summed E-state index contributed by atoms with van der Waals surface area (Å²) < 4.78 is 7.15. The molecule has 1 aromatic heterocycles. The number of imidazole rings is 1. The number of esters is 1. The number of nitrogens with zero attached hydrogens (tertiary/aromatic N) is 3. The Labute approximate surface area is 160 Å².